The molecule has 1 aliphatic carbocycles. The molecule has 0 atom stereocenters. The molecule has 0 spiro atoms. The van der Waals surface area contributed by atoms with Crippen molar-refractivity contribution in [2.45, 2.75) is 72.8 Å². The van der Waals surface area contributed by atoms with E-state index in [1.165, 1.54) is 5.71 Å². The monoisotopic (exact) mass is 259 g/mol. The largest absolute Gasteiger partial charge is 0.287 e. The van der Waals surface area contributed by atoms with Crippen molar-refractivity contribution in [3.63, 3.8) is 0 Å². The lowest BCUT2D eigenvalue weighted by atomic mass is 9.71. The van der Waals surface area contributed by atoms with Gasteiger partial charge in [-0.25, -0.2) is 0 Å². The molecule has 0 radical (unpaired) electrons. The molecule has 0 saturated carbocycles. The molecule has 0 amide bonds. The topological polar surface area (TPSA) is 12.4 Å². The van der Waals surface area contributed by atoms with Crippen molar-refractivity contribution in [1.82, 2.24) is 0 Å². The highest BCUT2D eigenvalue weighted by Crippen LogP contribution is 2.47. The Kier molecular flexibility index (Phi) is 3.53. The second-order valence-corrected chi connectivity index (χ2v) is 8.01. The van der Waals surface area contributed by atoms with Crippen LogP contribution >= 0.6 is 0 Å². The number of aliphatic imine (C=N–C) groups is 1. The Bertz CT molecular complexity index is 444. The van der Waals surface area contributed by atoms with Crippen LogP contribution in [-0.4, -0.2) is 11.3 Å². The fourth-order valence-electron chi connectivity index (χ4n) is 3.02. The van der Waals surface area contributed by atoms with Crippen LogP contribution in [-0.2, 0) is 0 Å². The molecule has 1 heteroatoms. The summed E-state index contributed by atoms with van der Waals surface area (Å²) in [4.78, 5) is 5.08. The molecule has 1 heterocycles. The van der Waals surface area contributed by atoms with Crippen molar-refractivity contribution in [2.75, 3.05) is 0 Å². The summed E-state index contributed by atoms with van der Waals surface area (Å²) < 4.78 is 0. The van der Waals surface area contributed by atoms with E-state index in [4.69, 9.17) is 4.99 Å². The highest BCUT2D eigenvalue weighted by molar-refractivity contribution is 5.92. The van der Waals surface area contributed by atoms with Gasteiger partial charge in [-0.3, -0.25) is 4.99 Å². The van der Waals surface area contributed by atoms with E-state index >= 15 is 0 Å². The van der Waals surface area contributed by atoms with Gasteiger partial charge in [0, 0.05) is 11.1 Å². The first-order valence-corrected chi connectivity index (χ1v) is 7.56. The quantitative estimate of drug-likeness (QED) is 0.608. The van der Waals surface area contributed by atoms with Gasteiger partial charge in [-0.15, -0.1) is 0 Å². The summed E-state index contributed by atoms with van der Waals surface area (Å²) >= 11 is 0. The van der Waals surface area contributed by atoms with Crippen LogP contribution in [0.1, 0.15) is 67.2 Å². The molecule has 0 fully saturated rings. The SMILES string of the molecule is CC(C)(CC1=CCC=CC1)C1=NC(C)(C)C(C)(C)C1. The Balaban J connectivity index is 2.15. The summed E-state index contributed by atoms with van der Waals surface area (Å²) in [6.07, 6.45) is 11.5. The number of nitrogens with zero attached hydrogens (tertiary/aromatic N) is 1. The second-order valence-electron chi connectivity index (χ2n) is 8.01. The molecule has 0 N–H and O–H groups in total. The lowest BCUT2D eigenvalue weighted by Gasteiger charge is -2.32. The predicted octanol–water partition coefficient (Wildman–Crippen LogP) is 5.33. The van der Waals surface area contributed by atoms with Crippen molar-refractivity contribution < 1.29 is 0 Å². The van der Waals surface area contributed by atoms with E-state index in [2.05, 4.69) is 59.8 Å². The molecular weight excluding hydrogens is 230 g/mol. The number of hydrogen-bond donors (Lipinski definition) is 0. The van der Waals surface area contributed by atoms with E-state index in [9.17, 15) is 0 Å². The number of allylic oxidation sites excluding steroid dienone is 4. The van der Waals surface area contributed by atoms with Crippen LogP contribution < -0.4 is 0 Å². The summed E-state index contributed by atoms with van der Waals surface area (Å²) in [5.41, 5.74) is 3.54. The number of hydrogen-bond acceptors (Lipinski definition) is 1. The van der Waals surface area contributed by atoms with Gasteiger partial charge < -0.3 is 0 Å². The van der Waals surface area contributed by atoms with Crippen LogP contribution in [0, 0.1) is 10.8 Å². The van der Waals surface area contributed by atoms with Gasteiger partial charge in [-0.2, -0.15) is 0 Å². The van der Waals surface area contributed by atoms with Gasteiger partial charge in [-0.1, -0.05) is 51.5 Å². The van der Waals surface area contributed by atoms with Crippen molar-refractivity contribution >= 4 is 5.71 Å². The van der Waals surface area contributed by atoms with Crippen LogP contribution in [0.15, 0.2) is 28.8 Å². The van der Waals surface area contributed by atoms with E-state index in [1.807, 2.05) is 0 Å². The van der Waals surface area contributed by atoms with Crippen LogP contribution in [0.25, 0.3) is 0 Å². The van der Waals surface area contributed by atoms with Crippen LogP contribution in [0.5, 0.6) is 0 Å². The molecule has 1 aliphatic heterocycles. The molecule has 0 aromatic carbocycles. The molecule has 0 bridgehead atoms. The third kappa shape index (κ3) is 2.85. The maximum absolute atomic E-state index is 5.08. The van der Waals surface area contributed by atoms with Crippen molar-refractivity contribution in [1.29, 1.82) is 0 Å². The van der Waals surface area contributed by atoms with E-state index in [-0.39, 0.29) is 16.4 Å². The summed E-state index contributed by atoms with van der Waals surface area (Å²) in [7, 11) is 0. The van der Waals surface area contributed by atoms with Gasteiger partial charge in [0.05, 0.1) is 5.54 Å². The third-order valence-corrected chi connectivity index (χ3v) is 5.22. The molecule has 1 nitrogen and oxygen atoms in total. The average Bonchev–Trinajstić information content (AvgIpc) is 2.49. The third-order valence-electron chi connectivity index (χ3n) is 5.22. The van der Waals surface area contributed by atoms with Crippen LogP contribution in [0.4, 0.5) is 0 Å². The number of rotatable bonds is 3. The van der Waals surface area contributed by atoms with Gasteiger partial charge in [0.15, 0.2) is 0 Å². The summed E-state index contributed by atoms with van der Waals surface area (Å²) in [5.74, 6) is 0. The zero-order chi connectivity index (χ0) is 14.3. The minimum Gasteiger partial charge on any atom is -0.287 e. The lowest BCUT2D eigenvalue weighted by molar-refractivity contribution is 0.237. The first kappa shape index (κ1) is 14.6. The zero-order valence-electron chi connectivity index (χ0n) is 13.5. The standard InChI is InChI=1S/C18H29N/c1-16(2,12-14-10-8-7-9-11-14)15-13-17(3,4)18(5,6)19-15/h7-8,11H,9-10,12-13H2,1-6H3. The molecule has 19 heavy (non-hydrogen) atoms. The minimum absolute atomic E-state index is 0.0699. The second kappa shape index (κ2) is 4.61. The highest BCUT2D eigenvalue weighted by Gasteiger charge is 2.46. The van der Waals surface area contributed by atoms with Crippen LogP contribution in [0.3, 0.4) is 0 Å². The molecule has 106 valence electrons. The lowest BCUT2D eigenvalue weighted by Crippen LogP contribution is -2.33. The Morgan fingerprint density at radius 1 is 1.16 bits per heavy atom. The molecule has 0 aromatic heterocycles. The Morgan fingerprint density at radius 2 is 1.84 bits per heavy atom. The van der Waals surface area contributed by atoms with Crippen molar-refractivity contribution in [3.8, 4) is 0 Å². The predicted molar refractivity (Wildman–Crippen MR) is 84.8 cm³/mol. The average molecular weight is 259 g/mol. The molecule has 0 unspecified atom stereocenters. The Hall–Kier alpha value is -0.850. The molecular formula is C18H29N. The fourth-order valence-corrected chi connectivity index (χ4v) is 3.02. The minimum atomic E-state index is 0.0699. The van der Waals surface area contributed by atoms with Crippen LogP contribution in [0.2, 0.25) is 0 Å². The normalized spacial score (nSPS) is 25.2. The fraction of sp³-hybridized carbons (Fsp3) is 0.722. The van der Waals surface area contributed by atoms with Gasteiger partial charge >= 0.3 is 0 Å². The van der Waals surface area contributed by atoms with Gasteiger partial charge in [0.25, 0.3) is 0 Å². The maximum Gasteiger partial charge on any atom is 0.0606 e. The van der Waals surface area contributed by atoms with E-state index in [1.54, 1.807) is 5.57 Å². The van der Waals surface area contributed by atoms with Gasteiger partial charge in [0.1, 0.15) is 0 Å². The molecule has 0 aromatic rings. The van der Waals surface area contributed by atoms with E-state index in [0.717, 1.165) is 25.7 Å². The summed E-state index contributed by atoms with van der Waals surface area (Å²) in [5, 5.41) is 0. The van der Waals surface area contributed by atoms with Gasteiger partial charge in [-0.05, 0) is 44.9 Å². The summed E-state index contributed by atoms with van der Waals surface area (Å²) in [6, 6.07) is 0. The zero-order valence-corrected chi connectivity index (χ0v) is 13.5. The first-order valence-electron chi connectivity index (χ1n) is 7.56. The maximum atomic E-state index is 5.08. The van der Waals surface area contributed by atoms with Crippen molar-refractivity contribution in [2.24, 2.45) is 15.8 Å². The summed E-state index contributed by atoms with van der Waals surface area (Å²) in [6.45, 7) is 14.0. The molecule has 2 aliphatic rings. The van der Waals surface area contributed by atoms with E-state index < -0.39 is 0 Å². The molecule has 2 rings (SSSR count). The Morgan fingerprint density at radius 3 is 2.32 bits per heavy atom. The van der Waals surface area contributed by atoms with Gasteiger partial charge in [0.2, 0.25) is 0 Å². The Labute approximate surface area is 118 Å². The van der Waals surface area contributed by atoms with E-state index in [0.29, 0.717) is 0 Å². The first-order chi connectivity index (χ1) is 8.64. The smallest absolute Gasteiger partial charge is 0.0606 e. The van der Waals surface area contributed by atoms with Crippen molar-refractivity contribution in [3.05, 3.63) is 23.8 Å². The highest BCUT2D eigenvalue weighted by atomic mass is 14.9. The molecule has 0 saturated heterocycles.